The first-order valence-electron chi connectivity index (χ1n) is 29.4. The maximum Gasteiger partial charge on any atom is 0.138 e. The van der Waals surface area contributed by atoms with Crippen LogP contribution in [-0.2, 0) is 5.41 Å². The van der Waals surface area contributed by atoms with Crippen LogP contribution in [0.2, 0.25) is 0 Å². The number of hydrogen-bond acceptors (Lipinski definition) is 7. The predicted octanol–water partition coefficient (Wildman–Crippen LogP) is 22.2. The zero-order valence-corrected chi connectivity index (χ0v) is 48.3. The maximum atomic E-state index is 6.93. The monoisotopic (exact) mass is 1030 g/mol. The number of thiophene rings is 2. The van der Waals surface area contributed by atoms with Crippen LogP contribution >= 0.6 is 34.4 Å². The van der Waals surface area contributed by atoms with Gasteiger partial charge in [0, 0.05) is 26.3 Å². The molecule has 7 heteroatoms. The van der Waals surface area contributed by atoms with Crippen LogP contribution in [0.15, 0.2) is 60.7 Å². The number of fused-ring (bicyclic) bond motifs is 4. The van der Waals surface area contributed by atoms with E-state index in [-0.39, 0.29) is 5.41 Å². The van der Waals surface area contributed by atoms with Crippen molar-refractivity contribution in [1.82, 2.24) is 8.75 Å². The number of nitrogens with zero attached hydrogens (tertiary/aromatic N) is 2. The lowest BCUT2D eigenvalue weighted by molar-refractivity contribution is 0.306. The van der Waals surface area contributed by atoms with Crippen molar-refractivity contribution in [2.45, 2.75) is 240 Å². The Balaban J connectivity index is 1.20. The van der Waals surface area contributed by atoms with Gasteiger partial charge >= 0.3 is 0 Å². The molecule has 6 aromatic rings. The lowest BCUT2D eigenvalue weighted by atomic mass is 9.70. The van der Waals surface area contributed by atoms with Crippen molar-refractivity contribution in [3.63, 3.8) is 0 Å². The standard InChI is InChI=1S/C65H92N2O2S3/c1-7-11-15-19-23-25-29-33-43-68-58-46-50(6)70-63(58)54-39-40-55(62-61(54)66-72-67-62)64-59(69-44-34-30-26-24-20-16-12-8-2)48-60(71-64)51-36-38-53-52-37-35-49(5)45-56(52)65(57(53)47-51,41-31-27-21-17-13-9-3)42-32-28-22-18-14-10-4/h35-40,45-48H,7-34,41-44H2,1-6H3. The van der Waals surface area contributed by atoms with Crippen molar-refractivity contribution in [2.24, 2.45) is 0 Å². The highest BCUT2D eigenvalue weighted by atomic mass is 32.1. The molecule has 0 amide bonds. The molecule has 0 fully saturated rings. The average molecular weight is 1030 g/mol. The quantitative estimate of drug-likeness (QED) is 0.0365. The third-order valence-electron chi connectivity index (χ3n) is 15.6. The smallest absolute Gasteiger partial charge is 0.138 e. The molecule has 0 spiro atoms. The van der Waals surface area contributed by atoms with E-state index >= 15 is 0 Å². The highest BCUT2D eigenvalue weighted by Crippen LogP contribution is 2.56. The highest BCUT2D eigenvalue weighted by molar-refractivity contribution is 7.19. The van der Waals surface area contributed by atoms with Gasteiger partial charge in [0.25, 0.3) is 0 Å². The second-order valence-electron chi connectivity index (χ2n) is 21.6. The molecule has 72 heavy (non-hydrogen) atoms. The van der Waals surface area contributed by atoms with E-state index < -0.39 is 0 Å². The van der Waals surface area contributed by atoms with E-state index in [1.54, 1.807) is 11.1 Å². The van der Waals surface area contributed by atoms with Crippen LogP contribution < -0.4 is 9.47 Å². The minimum absolute atomic E-state index is 0.0308. The van der Waals surface area contributed by atoms with Crippen molar-refractivity contribution in [2.75, 3.05) is 13.2 Å². The molecule has 0 atom stereocenters. The van der Waals surface area contributed by atoms with Crippen LogP contribution in [0, 0.1) is 13.8 Å². The third-order valence-corrected chi connectivity index (χ3v) is 18.4. The molecule has 0 saturated carbocycles. The fraction of sp³-hybridized carbons (Fsp3) is 0.600. The van der Waals surface area contributed by atoms with Gasteiger partial charge in [0.15, 0.2) is 0 Å². The molecule has 7 rings (SSSR count). The molecule has 4 nitrogen and oxygen atoms in total. The minimum Gasteiger partial charge on any atom is -0.492 e. The van der Waals surface area contributed by atoms with Gasteiger partial charge in [-0.2, -0.15) is 8.75 Å². The van der Waals surface area contributed by atoms with Crippen LogP contribution in [-0.4, -0.2) is 22.0 Å². The van der Waals surface area contributed by atoms with Crippen molar-refractivity contribution in [3.05, 3.63) is 82.2 Å². The van der Waals surface area contributed by atoms with Gasteiger partial charge in [-0.05, 0) is 85.5 Å². The lowest BCUT2D eigenvalue weighted by Gasteiger charge is -2.33. The second-order valence-corrected chi connectivity index (χ2v) is 24.4. The number of hydrogen-bond donors (Lipinski definition) is 0. The molecule has 0 aliphatic heterocycles. The van der Waals surface area contributed by atoms with E-state index in [2.05, 4.69) is 102 Å². The van der Waals surface area contributed by atoms with Crippen molar-refractivity contribution >= 4 is 45.4 Å². The fourth-order valence-electron chi connectivity index (χ4n) is 11.5. The number of benzene rings is 3. The zero-order chi connectivity index (χ0) is 50.4. The lowest BCUT2D eigenvalue weighted by Crippen LogP contribution is -2.25. The van der Waals surface area contributed by atoms with Gasteiger partial charge in [-0.1, -0.05) is 243 Å². The molecular formula is C65H92N2O2S3. The van der Waals surface area contributed by atoms with Crippen LogP contribution in [0.5, 0.6) is 11.5 Å². The summed E-state index contributed by atoms with van der Waals surface area (Å²) in [6, 6.07) is 24.0. The van der Waals surface area contributed by atoms with Crippen LogP contribution in [0.1, 0.15) is 242 Å². The molecule has 0 saturated heterocycles. The van der Waals surface area contributed by atoms with E-state index in [0.29, 0.717) is 0 Å². The Bertz CT molecular complexity index is 2490. The second kappa shape index (κ2) is 30.1. The molecule has 3 aromatic carbocycles. The summed E-state index contributed by atoms with van der Waals surface area (Å²) in [4.78, 5) is 4.84. The minimum atomic E-state index is 0.0308. The summed E-state index contributed by atoms with van der Waals surface area (Å²) in [5.74, 6) is 1.96. The van der Waals surface area contributed by atoms with Crippen molar-refractivity contribution < 1.29 is 9.47 Å². The molecule has 1 aliphatic rings. The predicted molar refractivity (Wildman–Crippen MR) is 317 cm³/mol. The SMILES string of the molecule is CCCCCCCCCCOc1cc(C)sc1-c1ccc(-c2sc(-c3ccc4c(c3)C(CCCCCCCC)(CCCCCCCC)c3cc(C)ccc3-4)cc2OCCCCCCCCCC)c2nsnc12. The summed E-state index contributed by atoms with van der Waals surface area (Å²) in [5.41, 5.74) is 12.9. The maximum absolute atomic E-state index is 6.93. The van der Waals surface area contributed by atoms with Crippen LogP contribution in [0.4, 0.5) is 0 Å². The number of aromatic nitrogens is 2. The van der Waals surface area contributed by atoms with Crippen molar-refractivity contribution in [3.8, 4) is 53.9 Å². The van der Waals surface area contributed by atoms with E-state index in [0.717, 1.165) is 69.5 Å². The van der Waals surface area contributed by atoms with Crippen LogP contribution in [0.25, 0.3) is 53.5 Å². The van der Waals surface area contributed by atoms with E-state index in [1.165, 1.54) is 224 Å². The Morgan fingerprint density at radius 1 is 0.417 bits per heavy atom. The summed E-state index contributed by atoms with van der Waals surface area (Å²) < 4.78 is 23.6. The largest absolute Gasteiger partial charge is 0.492 e. The first-order valence-corrected chi connectivity index (χ1v) is 31.8. The summed E-state index contributed by atoms with van der Waals surface area (Å²) in [6.45, 7) is 15.2. The van der Waals surface area contributed by atoms with Gasteiger partial charge in [-0.3, -0.25) is 0 Å². The Morgan fingerprint density at radius 3 is 1.35 bits per heavy atom. The molecule has 0 N–H and O–H groups in total. The summed E-state index contributed by atoms with van der Waals surface area (Å²) in [6.07, 6.45) is 38.9. The summed E-state index contributed by atoms with van der Waals surface area (Å²) in [7, 11) is 0. The molecule has 3 heterocycles. The van der Waals surface area contributed by atoms with Gasteiger partial charge in [-0.25, -0.2) is 0 Å². The summed E-state index contributed by atoms with van der Waals surface area (Å²) in [5, 5.41) is 0. The van der Waals surface area contributed by atoms with Crippen LogP contribution in [0.3, 0.4) is 0 Å². The Kier molecular flexibility index (Phi) is 23.5. The Morgan fingerprint density at radius 2 is 0.833 bits per heavy atom. The number of aryl methyl sites for hydroxylation is 2. The fourth-order valence-corrected chi connectivity index (χ4v) is 14.2. The molecule has 0 unspecified atom stereocenters. The number of rotatable bonds is 37. The average Bonchev–Trinajstić information content (AvgIpc) is 4.19. The highest BCUT2D eigenvalue weighted by Gasteiger charge is 2.42. The molecular weight excluding hydrogens is 937 g/mol. The molecule has 3 aromatic heterocycles. The number of ether oxygens (including phenoxy) is 2. The van der Waals surface area contributed by atoms with E-state index in [1.807, 2.05) is 22.7 Å². The number of unbranched alkanes of at least 4 members (excludes halogenated alkanes) is 24. The first-order chi connectivity index (χ1) is 35.4. The van der Waals surface area contributed by atoms with Gasteiger partial charge in [0.2, 0.25) is 0 Å². The van der Waals surface area contributed by atoms with Gasteiger partial charge in [-0.15, -0.1) is 22.7 Å². The molecule has 392 valence electrons. The Hall–Kier alpha value is -3.52. The zero-order valence-electron chi connectivity index (χ0n) is 45.8. The normalized spacial score (nSPS) is 12.8. The third kappa shape index (κ3) is 15.1. The van der Waals surface area contributed by atoms with Gasteiger partial charge in [0.05, 0.1) is 34.7 Å². The molecule has 1 aliphatic carbocycles. The van der Waals surface area contributed by atoms with Gasteiger partial charge in [0.1, 0.15) is 22.5 Å². The molecule has 0 radical (unpaired) electrons. The van der Waals surface area contributed by atoms with E-state index in [4.69, 9.17) is 18.2 Å². The first kappa shape index (κ1) is 56.2. The topological polar surface area (TPSA) is 44.2 Å². The molecule has 0 bridgehead atoms. The van der Waals surface area contributed by atoms with E-state index in [9.17, 15) is 0 Å². The van der Waals surface area contributed by atoms with Gasteiger partial charge < -0.3 is 9.47 Å². The Labute approximate surface area is 449 Å². The summed E-state index contributed by atoms with van der Waals surface area (Å²) >= 11 is 5.00. The van der Waals surface area contributed by atoms with Crippen molar-refractivity contribution in [1.29, 1.82) is 0 Å².